The van der Waals surface area contributed by atoms with Crippen molar-refractivity contribution in [2.45, 2.75) is 26.1 Å². The molecule has 0 aliphatic carbocycles. The van der Waals surface area contributed by atoms with Gasteiger partial charge >= 0.3 is 0 Å². The number of hydrogen-bond acceptors (Lipinski definition) is 3. The first-order chi connectivity index (χ1) is 12.7. The van der Waals surface area contributed by atoms with Crippen molar-refractivity contribution in [1.82, 2.24) is 0 Å². The summed E-state index contributed by atoms with van der Waals surface area (Å²) < 4.78 is 11.5. The Morgan fingerprint density at radius 1 is 0.808 bits per heavy atom. The molecule has 0 heterocycles. The molecule has 1 N–H and O–H groups in total. The van der Waals surface area contributed by atoms with Crippen molar-refractivity contribution in [2.24, 2.45) is 0 Å². The summed E-state index contributed by atoms with van der Waals surface area (Å²) >= 11 is 0. The number of hydrogen-bond donors (Lipinski definition) is 1. The molecule has 0 spiro atoms. The van der Waals surface area contributed by atoms with E-state index >= 15 is 0 Å². The molecule has 0 radical (unpaired) electrons. The van der Waals surface area contributed by atoms with E-state index in [4.69, 9.17) is 9.47 Å². The predicted octanol–water partition coefficient (Wildman–Crippen LogP) is 4.91. The number of ether oxygens (including phenoxy) is 2. The molecule has 3 aromatic rings. The van der Waals surface area contributed by atoms with Crippen LogP contribution in [0.25, 0.3) is 0 Å². The monoisotopic (exact) mass is 348 g/mol. The van der Waals surface area contributed by atoms with Crippen molar-refractivity contribution in [3.8, 4) is 11.5 Å². The minimum absolute atomic E-state index is 0.303. The largest absolute Gasteiger partial charge is 0.457 e. The second-order valence-electron chi connectivity index (χ2n) is 6.42. The zero-order valence-electron chi connectivity index (χ0n) is 15.0. The Morgan fingerprint density at radius 3 is 2.31 bits per heavy atom. The first-order valence-electron chi connectivity index (χ1n) is 8.82. The molecular weight excluding hydrogens is 324 g/mol. The zero-order chi connectivity index (χ0) is 18.2. The van der Waals surface area contributed by atoms with Crippen LogP contribution in [-0.4, -0.2) is 17.8 Å². The van der Waals surface area contributed by atoms with Gasteiger partial charge in [-0.05, 0) is 42.3 Å². The number of aryl methyl sites for hydroxylation is 1. The highest BCUT2D eigenvalue weighted by Crippen LogP contribution is 2.22. The fourth-order valence-electron chi connectivity index (χ4n) is 2.69. The van der Waals surface area contributed by atoms with Gasteiger partial charge in [0.15, 0.2) is 0 Å². The molecule has 0 saturated carbocycles. The van der Waals surface area contributed by atoms with Gasteiger partial charge in [0.05, 0.1) is 19.3 Å². The van der Waals surface area contributed by atoms with Gasteiger partial charge in [-0.2, -0.15) is 0 Å². The molecule has 0 fully saturated rings. The van der Waals surface area contributed by atoms with Crippen molar-refractivity contribution in [2.75, 3.05) is 6.61 Å². The lowest BCUT2D eigenvalue weighted by molar-refractivity contribution is 0.0288. The lowest BCUT2D eigenvalue weighted by atomic mass is 10.1. The van der Waals surface area contributed by atoms with Crippen molar-refractivity contribution < 1.29 is 14.6 Å². The summed E-state index contributed by atoms with van der Waals surface area (Å²) in [4.78, 5) is 0. The molecule has 0 aliphatic rings. The minimum Gasteiger partial charge on any atom is -0.457 e. The Balaban J connectivity index is 1.47. The maximum absolute atomic E-state index is 10.1. The number of benzene rings is 3. The summed E-state index contributed by atoms with van der Waals surface area (Å²) in [5, 5.41) is 10.1. The van der Waals surface area contributed by atoms with Gasteiger partial charge in [-0.3, -0.25) is 0 Å². The average molecular weight is 348 g/mol. The maximum Gasteiger partial charge on any atom is 0.127 e. The highest BCUT2D eigenvalue weighted by molar-refractivity contribution is 5.33. The number of aliphatic hydroxyl groups excluding tert-OH is 1. The third kappa shape index (κ3) is 5.73. The number of aliphatic hydroxyl groups is 1. The van der Waals surface area contributed by atoms with E-state index in [1.807, 2.05) is 66.7 Å². The van der Waals surface area contributed by atoms with E-state index in [-0.39, 0.29) is 0 Å². The molecule has 3 nitrogen and oxygen atoms in total. The molecule has 3 aromatic carbocycles. The molecule has 134 valence electrons. The van der Waals surface area contributed by atoms with Gasteiger partial charge in [-0.15, -0.1) is 0 Å². The summed E-state index contributed by atoms with van der Waals surface area (Å²) in [5.41, 5.74) is 3.35. The number of rotatable bonds is 8. The van der Waals surface area contributed by atoms with Crippen molar-refractivity contribution in [3.05, 3.63) is 95.6 Å². The van der Waals surface area contributed by atoms with E-state index in [0.29, 0.717) is 19.6 Å². The Bertz CT molecular complexity index is 797. The Kier molecular flexibility index (Phi) is 6.42. The zero-order valence-corrected chi connectivity index (χ0v) is 15.0. The molecular formula is C23H24O3. The summed E-state index contributed by atoms with van der Waals surface area (Å²) in [5.74, 6) is 1.58. The highest BCUT2D eigenvalue weighted by atomic mass is 16.5. The van der Waals surface area contributed by atoms with E-state index in [2.05, 4.69) is 19.1 Å². The molecule has 1 unspecified atom stereocenters. The molecule has 3 heteroatoms. The highest BCUT2D eigenvalue weighted by Gasteiger charge is 2.06. The Labute approximate surface area is 154 Å². The minimum atomic E-state index is -0.513. The van der Waals surface area contributed by atoms with E-state index in [1.54, 1.807) is 0 Å². The van der Waals surface area contributed by atoms with E-state index in [9.17, 15) is 5.11 Å². The third-order valence-corrected chi connectivity index (χ3v) is 4.05. The Hall–Kier alpha value is -2.62. The normalized spacial score (nSPS) is 11.9. The van der Waals surface area contributed by atoms with Gasteiger partial charge in [0.25, 0.3) is 0 Å². The summed E-state index contributed by atoms with van der Waals surface area (Å²) in [6, 6.07) is 25.7. The molecule has 0 bridgehead atoms. The van der Waals surface area contributed by atoms with Crippen LogP contribution in [0.1, 0.15) is 16.7 Å². The first-order valence-corrected chi connectivity index (χ1v) is 8.82. The van der Waals surface area contributed by atoms with Crippen LogP contribution in [-0.2, 0) is 17.8 Å². The molecule has 0 saturated heterocycles. The first kappa shape index (κ1) is 18.2. The second kappa shape index (κ2) is 9.18. The van der Waals surface area contributed by atoms with Gasteiger partial charge in [0.1, 0.15) is 11.5 Å². The fourth-order valence-corrected chi connectivity index (χ4v) is 2.69. The second-order valence-corrected chi connectivity index (χ2v) is 6.42. The quantitative estimate of drug-likeness (QED) is 0.629. The molecule has 1 atom stereocenters. The van der Waals surface area contributed by atoms with E-state index < -0.39 is 6.10 Å². The van der Waals surface area contributed by atoms with Crippen LogP contribution < -0.4 is 4.74 Å². The Morgan fingerprint density at radius 2 is 1.54 bits per heavy atom. The molecule has 26 heavy (non-hydrogen) atoms. The van der Waals surface area contributed by atoms with Crippen molar-refractivity contribution in [1.29, 1.82) is 0 Å². The van der Waals surface area contributed by atoms with E-state index in [1.165, 1.54) is 5.56 Å². The van der Waals surface area contributed by atoms with Crippen LogP contribution in [0.3, 0.4) is 0 Å². The molecule has 0 amide bonds. The number of para-hydroxylation sites is 1. The van der Waals surface area contributed by atoms with E-state index in [0.717, 1.165) is 22.6 Å². The van der Waals surface area contributed by atoms with Crippen LogP contribution in [0.5, 0.6) is 11.5 Å². The van der Waals surface area contributed by atoms with Gasteiger partial charge in [-0.25, -0.2) is 0 Å². The smallest absolute Gasteiger partial charge is 0.127 e. The van der Waals surface area contributed by atoms with Crippen LogP contribution >= 0.6 is 0 Å². The van der Waals surface area contributed by atoms with Crippen molar-refractivity contribution in [3.63, 3.8) is 0 Å². The summed E-state index contributed by atoms with van der Waals surface area (Å²) in [7, 11) is 0. The lowest BCUT2D eigenvalue weighted by Gasteiger charge is -2.12. The summed E-state index contributed by atoms with van der Waals surface area (Å²) in [6.45, 7) is 2.80. The lowest BCUT2D eigenvalue weighted by Crippen LogP contribution is -2.18. The van der Waals surface area contributed by atoms with Crippen molar-refractivity contribution >= 4 is 0 Å². The SMILES string of the molecule is Cc1ccc(CC(O)COCc2cccc(Oc3ccccc3)c2)cc1. The topological polar surface area (TPSA) is 38.7 Å². The predicted molar refractivity (Wildman–Crippen MR) is 104 cm³/mol. The van der Waals surface area contributed by atoms with Gasteiger partial charge in [0.2, 0.25) is 0 Å². The van der Waals surface area contributed by atoms with Crippen LogP contribution in [0.4, 0.5) is 0 Å². The van der Waals surface area contributed by atoms with Gasteiger partial charge in [-0.1, -0.05) is 60.2 Å². The van der Waals surface area contributed by atoms with Gasteiger partial charge in [0, 0.05) is 6.42 Å². The molecule has 0 aromatic heterocycles. The maximum atomic E-state index is 10.1. The van der Waals surface area contributed by atoms with Crippen LogP contribution in [0.15, 0.2) is 78.9 Å². The fraction of sp³-hybridized carbons (Fsp3) is 0.217. The third-order valence-electron chi connectivity index (χ3n) is 4.05. The van der Waals surface area contributed by atoms with Gasteiger partial charge < -0.3 is 14.6 Å². The average Bonchev–Trinajstić information content (AvgIpc) is 2.65. The molecule has 3 rings (SSSR count). The standard InChI is InChI=1S/C23H24O3/c1-18-10-12-19(13-11-18)14-21(24)17-25-16-20-6-5-9-23(15-20)26-22-7-3-2-4-8-22/h2-13,15,21,24H,14,16-17H2,1H3. The van der Waals surface area contributed by atoms with Crippen LogP contribution in [0.2, 0.25) is 0 Å². The van der Waals surface area contributed by atoms with Crippen LogP contribution in [0, 0.1) is 6.92 Å². The summed E-state index contributed by atoms with van der Waals surface area (Å²) in [6.07, 6.45) is 0.0821. The molecule has 0 aliphatic heterocycles.